The number of thiazole rings is 1. The third kappa shape index (κ3) is 1.03. The minimum absolute atomic E-state index is 0.204. The van der Waals surface area contributed by atoms with E-state index in [0.717, 1.165) is 15.7 Å². The van der Waals surface area contributed by atoms with Gasteiger partial charge in [-0.3, -0.25) is 4.79 Å². The van der Waals surface area contributed by atoms with E-state index >= 15 is 0 Å². The number of H-pyrrole nitrogens is 1. The number of fused-ring (bicyclic) bond motifs is 3. The van der Waals surface area contributed by atoms with Gasteiger partial charge in [-0.15, -0.1) is 0 Å². The van der Waals surface area contributed by atoms with Gasteiger partial charge < -0.3 is 9.30 Å². The van der Waals surface area contributed by atoms with Gasteiger partial charge in [0.25, 0.3) is 10.8 Å². The van der Waals surface area contributed by atoms with Crippen molar-refractivity contribution in [1.29, 1.82) is 0 Å². The number of aromatic nitrogens is 4. The highest BCUT2D eigenvalue weighted by Crippen LogP contribution is 2.33. The summed E-state index contributed by atoms with van der Waals surface area (Å²) in [6.45, 7) is 0. The molecule has 7 heteroatoms. The third-order valence-electron chi connectivity index (χ3n) is 2.49. The first-order valence-corrected chi connectivity index (χ1v) is 5.40. The van der Waals surface area contributed by atoms with E-state index in [4.69, 9.17) is 4.74 Å². The molecule has 0 saturated carbocycles. The van der Waals surface area contributed by atoms with Gasteiger partial charge in [-0.25, -0.2) is 5.10 Å². The molecule has 0 amide bonds. The Labute approximate surface area is 93.5 Å². The molecular weight excluding hydrogens is 228 g/mol. The van der Waals surface area contributed by atoms with Crippen molar-refractivity contribution >= 4 is 32.6 Å². The molecule has 3 heterocycles. The highest BCUT2D eigenvalue weighted by Gasteiger charge is 2.16. The van der Waals surface area contributed by atoms with E-state index < -0.39 is 0 Å². The first-order chi connectivity index (χ1) is 7.72. The first-order valence-electron chi connectivity index (χ1n) is 4.59. The van der Waals surface area contributed by atoms with Gasteiger partial charge in [-0.05, 0) is 0 Å². The van der Waals surface area contributed by atoms with Gasteiger partial charge in [-0.1, -0.05) is 11.3 Å². The normalized spacial score (nSPS) is 11.4. The molecule has 0 fully saturated rings. The van der Waals surface area contributed by atoms with Crippen LogP contribution in [0, 0.1) is 0 Å². The predicted octanol–water partition coefficient (Wildman–Crippen LogP) is 0.880. The Hall–Kier alpha value is -1.89. The van der Waals surface area contributed by atoms with E-state index in [2.05, 4.69) is 15.2 Å². The lowest BCUT2D eigenvalue weighted by Crippen LogP contribution is -2.10. The lowest BCUT2D eigenvalue weighted by Gasteiger charge is -1.94. The second-order valence-corrected chi connectivity index (χ2v) is 4.32. The lowest BCUT2D eigenvalue weighted by atomic mass is 10.4. The van der Waals surface area contributed by atoms with Crippen molar-refractivity contribution in [2.24, 2.45) is 7.05 Å². The predicted molar refractivity (Wildman–Crippen MR) is 61.1 cm³/mol. The Bertz CT molecular complexity index is 739. The van der Waals surface area contributed by atoms with Crippen LogP contribution < -0.4 is 10.3 Å². The van der Waals surface area contributed by atoms with E-state index in [1.165, 1.54) is 11.3 Å². The van der Waals surface area contributed by atoms with Crippen LogP contribution in [-0.2, 0) is 7.05 Å². The molecule has 3 rings (SSSR count). The monoisotopic (exact) mass is 236 g/mol. The zero-order valence-electron chi connectivity index (χ0n) is 8.64. The third-order valence-corrected chi connectivity index (χ3v) is 3.53. The number of hydrogen-bond donors (Lipinski definition) is 1. The summed E-state index contributed by atoms with van der Waals surface area (Å²) in [4.78, 5) is 15.9. The maximum atomic E-state index is 11.6. The molecule has 0 atom stereocenters. The number of nitrogens with zero attached hydrogens (tertiary/aromatic N) is 3. The van der Waals surface area contributed by atoms with Crippen LogP contribution in [0.3, 0.4) is 0 Å². The van der Waals surface area contributed by atoms with E-state index in [-0.39, 0.29) is 5.56 Å². The Morgan fingerprint density at radius 2 is 2.38 bits per heavy atom. The van der Waals surface area contributed by atoms with Gasteiger partial charge in [0.1, 0.15) is 5.52 Å². The van der Waals surface area contributed by atoms with Gasteiger partial charge in [0, 0.05) is 12.4 Å². The van der Waals surface area contributed by atoms with Crippen LogP contribution in [0.5, 0.6) is 5.19 Å². The number of nitrogens with one attached hydrogen (secondary N) is 1. The Balaban J connectivity index is 2.58. The zero-order valence-corrected chi connectivity index (χ0v) is 9.46. The molecule has 0 aromatic carbocycles. The van der Waals surface area contributed by atoms with Crippen LogP contribution in [-0.4, -0.2) is 26.9 Å². The van der Waals surface area contributed by atoms with Crippen molar-refractivity contribution in [2.45, 2.75) is 0 Å². The number of ether oxygens (including phenoxy) is 1. The molecular formula is C9H8N4O2S. The largest absolute Gasteiger partial charge is 0.473 e. The number of methoxy groups -OCH3 is 1. The Morgan fingerprint density at radius 3 is 3.12 bits per heavy atom. The minimum atomic E-state index is -0.204. The molecule has 0 aliphatic carbocycles. The van der Waals surface area contributed by atoms with E-state index in [9.17, 15) is 4.79 Å². The molecule has 0 unspecified atom stereocenters. The van der Waals surface area contributed by atoms with E-state index in [1.807, 2.05) is 0 Å². The van der Waals surface area contributed by atoms with Gasteiger partial charge in [-0.2, -0.15) is 10.1 Å². The molecule has 3 aromatic rings. The van der Waals surface area contributed by atoms with Crippen molar-refractivity contribution < 1.29 is 4.74 Å². The van der Waals surface area contributed by atoms with Crippen LogP contribution in [0.4, 0.5) is 0 Å². The van der Waals surface area contributed by atoms with Crippen molar-refractivity contribution in [2.75, 3.05) is 7.11 Å². The molecule has 3 aromatic heterocycles. The smallest absolute Gasteiger partial charge is 0.288 e. The summed E-state index contributed by atoms with van der Waals surface area (Å²) in [6, 6.07) is 0. The summed E-state index contributed by atoms with van der Waals surface area (Å²) in [7, 11) is 3.38. The number of rotatable bonds is 1. The average Bonchev–Trinajstić information content (AvgIpc) is 2.80. The van der Waals surface area contributed by atoms with Crippen LogP contribution in [0.15, 0.2) is 11.0 Å². The fourth-order valence-corrected chi connectivity index (χ4v) is 2.70. The molecule has 0 saturated heterocycles. The summed E-state index contributed by atoms with van der Waals surface area (Å²) >= 11 is 1.41. The number of hydrogen-bond acceptors (Lipinski definition) is 5. The SMILES string of the molecule is COc1nc2c(s1)c1cn[nH]c(=O)c1n2C. The minimum Gasteiger partial charge on any atom is -0.473 e. The number of aromatic amines is 1. The van der Waals surface area contributed by atoms with Crippen LogP contribution in [0.25, 0.3) is 21.3 Å². The fourth-order valence-electron chi connectivity index (χ4n) is 1.78. The molecule has 6 nitrogen and oxygen atoms in total. The van der Waals surface area contributed by atoms with Crippen LogP contribution >= 0.6 is 11.3 Å². The molecule has 0 aliphatic heterocycles. The maximum absolute atomic E-state index is 11.6. The molecule has 82 valence electrons. The van der Waals surface area contributed by atoms with Gasteiger partial charge in [0.2, 0.25) is 0 Å². The maximum Gasteiger partial charge on any atom is 0.288 e. The standard InChI is InChI=1S/C9H8N4O2S/c1-13-5-4(3-10-12-8(5)14)6-7(13)11-9(15-2)16-6/h3H,1-2H3,(H,12,14). The van der Waals surface area contributed by atoms with Crippen molar-refractivity contribution in [3.63, 3.8) is 0 Å². The molecule has 0 aliphatic rings. The molecule has 0 radical (unpaired) electrons. The second kappa shape index (κ2) is 3.05. The van der Waals surface area contributed by atoms with E-state index in [1.54, 1.807) is 24.9 Å². The van der Waals surface area contributed by atoms with Gasteiger partial charge >= 0.3 is 0 Å². The quantitative estimate of drug-likeness (QED) is 0.680. The lowest BCUT2D eigenvalue weighted by molar-refractivity contribution is 0.412. The summed E-state index contributed by atoms with van der Waals surface area (Å²) in [6.07, 6.45) is 1.64. The zero-order chi connectivity index (χ0) is 11.3. The summed E-state index contributed by atoms with van der Waals surface area (Å²) in [5.74, 6) is 0. The van der Waals surface area contributed by atoms with Gasteiger partial charge in [0.05, 0.1) is 18.0 Å². The topological polar surface area (TPSA) is 72.8 Å². The van der Waals surface area contributed by atoms with Crippen molar-refractivity contribution in [3.8, 4) is 5.19 Å². The van der Waals surface area contributed by atoms with Crippen LogP contribution in [0.1, 0.15) is 0 Å². The number of aryl methyl sites for hydroxylation is 1. The first kappa shape index (κ1) is 9.34. The molecule has 0 spiro atoms. The average molecular weight is 236 g/mol. The molecule has 1 N–H and O–H groups in total. The van der Waals surface area contributed by atoms with Crippen molar-refractivity contribution in [1.82, 2.24) is 19.7 Å². The Kier molecular flexibility index (Phi) is 1.78. The van der Waals surface area contributed by atoms with Gasteiger partial charge in [0.15, 0.2) is 5.65 Å². The summed E-state index contributed by atoms with van der Waals surface area (Å²) in [5.41, 5.74) is 1.13. The highest BCUT2D eigenvalue weighted by molar-refractivity contribution is 7.21. The second-order valence-electron chi connectivity index (χ2n) is 3.36. The fraction of sp³-hybridized carbons (Fsp3) is 0.222. The summed E-state index contributed by atoms with van der Waals surface area (Å²) < 4.78 is 7.76. The molecule has 16 heavy (non-hydrogen) atoms. The van der Waals surface area contributed by atoms with Crippen molar-refractivity contribution in [3.05, 3.63) is 16.6 Å². The summed E-state index contributed by atoms with van der Waals surface area (Å²) in [5, 5.41) is 7.61. The highest BCUT2D eigenvalue weighted by atomic mass is 32.1. The Morgan fingerprint density at radius 1 is 1.56 bits per heavy atom. The van der Waals surface area contributed by atoms with Crippen LogP contribution in [0.2, 0.25) is 0 Å². The van der Waals surface area contributed by atoms with E-state index in [0.29, 0.717) is 10.7 Å². The molecule has 0 bridgehead atoms.